The maximum Gasteiger partial charge on any atom is 0.341 e. The molecule has 0 aliphatic heterocycles. The van der Waals surface area contributed by atoms with Crippen LogP contribution in [0.1, 0.15) is 10.4 Å². The first-order chi connectivity index (χ1) is 4.63. The normalized spacial score (nSPS) is 9.70. The van der Waals surface area contributed by atoms with Gasteiger partial charge in [-0.15, -0.1) is 0 Å². The topological polar surface area (TPSA) is 76.2 Å². The van der Waals surface area contributed by atoms with E-state index in [1.54, 1.807) is 0 Å². The number of carboxylic acids is 1. The van der Waals surface area contributed by atoms with E-state index >= 15 is 0 Å². The Bertz CT molecular complexity index is 253. The largest absolute Gasteiger partial charge is 0.477 e. The van der Waals surface area contributed by atoms with Gasteiger partial charge < -0.3 is 10.8 Å². The van der Waals surface area contributed by atoms with Gasteiger partial charge >= 0.3 is 5.97 Å². The molecule has 0 fully saturated rings. The molecule has 6 heteroatoms. The zero-order valence-corrected chi connectivity index (χ0v) is 6.24. The maximum absolute atomic E-state index is 10.3. The molecule has 1 aromatic rings. The smallest absolute Gasteiger partial charge is 0.341 e. The van der Waals surface area contributed by atoms with Crippen molar-refractivity contribution in [3.05, 3.63) is 10.7 Å². The van der Waals surface area contributed by atoms with Crippen LogP contribution in [0, 0.1) is 0 Å². The number of halogens is 1. The first kappa shape index (κ1) is 7.30. The lowest BCUT2D eigenvalue weighted by Gasteiger charge is -1.87. The van der Waals surface area contributed by atoms with Gasteiger partial charge in [0, 0.05) is 0 Å². The number of nitrogens with two attached hydrogens (primary N) is 1. The molecule has 1 rings (SSSR count). The number of nitrogen functional groups attached to an aromatic ring is 1. The van der Waals surface area contributed by atoms with Gasteiger partial charge in [0.05, 0.1) is 0 Å². The summed E-state index contributed by atoms with van der Waals surface area (Å²) in [4.78, 5) is 10.3. The summed E-state index contributed by atoms with van der Waals surface area (Å²) in [5.74, 6) is -1.14. The van der Waals surface area contributed by atoms with Crippen LogP contribution in [0.25, 0.3) is 0 Å². The number of aromatic nitrogens is 1. The summed E-state index contributed by atoms with van der Waals surface area (Å²) < 4.78 is 3.54. The third-order valence-corrected chi connectivity index (χ3v) is 1.94. The SMILES string of the molecule is Nc1snc(Cl)c1C(=O)O. The summed E-state index contributed by atoms with van der Waals surface area (Å²) in [6.45, 7) is 0. The van der Waals surface area contributed by atoms with Crippen molar-refractivity contribution >= 4 is 34.1 Å². The molecule has 0 saturated heterocycles. The van der Waals surface area contributed by atoms with Crippen LogP contribution in [0.5, 0.6) is 0 Å². The minimum absolute atomic E-state index is 0.0463. The van der Waals surface area contributed by atoms with E-state index in [-0.39, 0.29) is 15.7 Å². The Hall–Kier alpha value is -0.810. The molecule has 4 nitrogen and oxygen atoms in total. The summed E-state index contributed by atoms with van der Waals surface area (Å²) in [7, 11) is 0. The second-order valence-corrected chi connectivity index (χ2v) is 2.68. The molecular weight excluding hydrogens is 176 g/mol. The highest BCUT2D eigenvalue weighted by atomic mass is 35.5. The van der Waals surface area contributed by atoms with Gasteiger partial charge in [-0.1, -0.05) is 11.6 Å². The van der Waals surface area contributed by atoms with Crippen LogP contribution in [-0.4, -0.2) is 15.4 Å². The molecular formula is C4H3ClN2O2S. The second-order valence-electron chi connectivity index (χ2n) is 1.52. The first-order valence-corrected chi connectivity index (χ1v) is 3.42. The Kier molecular flexibility index (Phi) is 1.78. The van der Waals surface area contributed by atoms with Gasteiger partial charge in [0.2, 0.25) is 0 Å². The van der Waals surface area contributed by atoms with Gasteiger partial charge in [-0.05, 0) is 11.5 Å². The third kappa shape index (κ3) is 1.05. The fraction of sp³-hybridized carbons (Fsp3) is 0. The molecule has 54 valence electrons. The maximum atomic E-state index is 10.3. The first-order valence-electron chi connectivity index (χ1n) is 2.27. The zero-order valence-electron chi connectivity index (χ0n) is 4.67. The number of nitrogens with zero attached hydrogens (tertiary/aromatic N) is 1. The number of carbonyl (C=O) groups is 1. The summed E-state index contributed by atoms with van der Waals surface area (Å²) in [5.41, 5.74) is 5.13. The molecule has 0 aliphatic carbocycles. The van der Waals surface area contributed by atoms with Crippen molar-refractivity contribution in [2.75, 3.05) is 5.73 Å². The van der Waals surface area contributed by atoms with E-state index in [2.05, 4.69) is 4.37 Å². The molecule has 0 bridgehead atoms. The molecule has 0 saturated carbocycles. The lowest BCUT2D eigenvalue weighted by Crippen LogP contribution is -1.98. The van der Waals surface area contributed by atoms with Crippen LogP contribution in [0.2, 0.25) is 5.15 Å². The minimum atomic E-state index is -1.14. The van der Waals surface area contributed by atoms with Crippen LogP contribution in [0.15, 0.2) is 0 Å². The second kappa shape index (κ2) is 2.43. The summed E-state index contributed by atoms with van der Waals surface area (Å²) in [6, 6.07) is 0. The highest BCUT2D eigenvalue weighted by molar-refractivity contribution is 7.10. The molecule has 0 atom stereocenters. The zero-order chi connectivity index (χ0) is 7.72. The Morgan fingerprint density at radius 2 is 2.40 bits per heavy atom. The fourth-order valence-electron chi connectivity index (χ4n) is 0.476. The average molecular weight is 179 g/mol. The third-order valence-electron chi connectivity index (χ3n) is 0.891. The average Bonchev–Trinajstić information content (AvgIpc) is 2.11. The minimum Gasteiger partial charge on any atom is -0.477 e. The van der Waals surface area contributed by atoms with Crippen LogP contribution in [0.3, 0.4) is 0 Å². The van der Waals surface area contributed by atoms with Crippen molar-refractivity contribution < 1.29 is 9.90 Å². The van der Waals surface area contributed by atoms with Crippen molar-refractivity contribution in [3.8, 4) is 0 Å². The number of hydrogen-bond donors (Lipinski definition) is 2. The predicted octanol–water partition coefficient (Wildman–Crippen LogP) is 1.08. The van der Waals surface area contributed by atoms with E-state index in [1.807, 2.05) is 0 Å². The van der Waals surface area contributed by atoms with Gasteiger partial charge in [-0.25, -0.2) is 4.79 Å². The molecule has 1 heterocycles. The van der Waals surface area contributed by atoms with Gasteiger partial charge in [0.15, 0.2) is 5.15 Å². The number of carboxylic acid groups (broad SMARTS) is 1. The number of aromatic carboxylic acids is 1. The fourth-order valence-corrected chi connectivity index (χ4v) is 1.36. The Balaban J connectivity index is 3.23. The molecule has 10 heavy (non-hydrogen) atoms. The lowest BCUT2D eigenvalue weighted by atomic mass is 10.3. The Labute approximate surface area is 65.4 Å². The van der Waals surface area contributed by atoms with Gasteiger partial charge in [0.1, 0.15) is 10.6 Å². The molecule has 3 N–H and O–H groups in total. The van der Waals surface area contributed by atoms with E-state index < -0.39 is 5.97 Å². The highest BCUT2D eigenvalue weighted by Crippen LogP contribution is 2.24. The van der Waals surface area contributed by atoms with Gasteiger partial charge in [-0.3, -0.25) is 0 Å². The monoisotopic (exact) mass is 178 g/mol. The van der Waals surface area contributed by atoms with E-state index in [4.69, 9.17) is 22.4 Å². The van der Waals surface area contributed by atoms with E-state index in [0.29, 0.717) is 0 Å². The van der Waals surface area contributed by atoms with Crippen LogP contribution >= 0.6 is 23.1 Å². The molecule has 0 radical (unpaired) electrons. The molecule has 0 aromatic carbocycles. The standard InChI is InChI=1S/C4H3ClN2O2S/c5-2-1(4(8)9)3(6)10-7-2/h6H2,(H,8,9). The molecule has 1 aromatic heterocycles. The van der Waals surface area contributed by atoms with E-state index in [0.717, 1.165) is 11.5 Å². The van der Waals surface area contributed by atoms with Crippen molar-refractivity contribution in [3.63, 3.8) is 0 Å². The molecule has 0 amide bonds. The molecule has 0 spiro atoms. The quantitative estimate of drug-likeness (QED) is 0.675. The summed E-state index contributed by atoms with van der Waals surface area (Å²) in [6.07, 6.45) is 0. The number of rotatable bonds is 1. The van der Waals surface area contributed by atoms with Crippen molar-refractivity contribution in [1.82, 2.24) is 4.37 Å². The molecule has 0 unspecified atom stereocenters. The van der Waals surface area contributed by atoms with Crippen LogP contribution < -0.4 is 5.73 Å². The number of anilines is 1. The number of hydrogen-bond acceptors (Lipinski definition) is 4. The Morgan fingerprint density at radius 1 is 1.80 bits per heavy atom. The Morgan fingerprint density at radius 3 is 2.60 bits per heavy atom. The highest BCUT2D eigenvalue weighted by Gasteiger charge is 2.15. The van der Waals surface area contributed by atoms with Crippen molar-refractivity contribution in [2.45, 2.75) is 0 Å². The molecule has 0 aliphatic rings. The van der Waals surface area contributed by atoms with Crippen LogP contribution in [0.4, 0.5) is 5.00 Å². The summed E-state index contributed by atoms with van der Waals surface area (Å²) >= 11 is 6.25. The van der Waals surface area contributed by atoms with Crippen molar-refractivity contribution in [2.24, 2.45) is 0 Å². The lowest BCUT2D eigenvalue weighted by molar-refractivity contribution is 0.0698. The summed E-state index contributed by atoms with van der Waals surface area (Å²) in [5, 5.41) is 8.53. The van der Waals surface area contributed by atoms with E-state index in [1.165, 1.54) is 0 Å². The van der Waals surface area contributed by atoms with Crippen molar-refractivity contribution in [1.29, 1.82) is 0 Å². The van der Waals surface area contributed by atoms with Gasteiger partial charge in [-0.2, -0.15) is 4.37 Å². The van der Waals surface area contributed by atoms with Crippen LogP contribution in [-0.2, 0) is 0 Å². The van der Waals surface area contributed by atoms with Gasteiger partial charge in [0.25, 0.3) is 0 Å². The predicted molar refractivity (Wildman–Crippen MR) is 38.5 cm³/mol. The van der Waals surface area contributed by atoms with E-state index in [9.17, 15) is 4.79 Å².